The molecule has 0 fully saturated rings. The number of ether oxygens (including phenoxy) is 1. The van der Waals surface area contributed by atoms with E-state index < -0.39 is 10.0 Å². The van der Waals surface area contributed by atoms with Crippen LogP contribution in [0, 0.1) is 0 Å². The Kier molecular flexibility index (Phi) is 6.27. The van der Waals surface area contributed by atoms with Gasteiger partial charge in [-0.1, -0.05) is 37.6 Å². The molecule has 4 nitrogen and oxygen atoms in total. The molecule has 0 aromatic heterocycles. The minimum atomic E-state index is -3.55. The Balaban J connectivity index is 2.09. The predicted octanol–water partition coefficient (Wildman–Crippen LogP) is 3.99. The monoisotopic (exact) mass is 367 g/mol. The zero-order valence-electron chi connectivity index (χ0n) is 14.0. The SMILES string of the molecule is COc1ccc(S(=O)(=O)NCCc2ccc(Cl)cc2)cc1C(C)C. The van der Waals surface area contributed by atoms with E-state index >= 15 is 0 Å². The molecule has 0 bridgehead atoms. The van der Waals surface area contributed by atoms with Gasteiger partial charge in [0.15, 0.2) is 0 Å². The summed E-state index contributed by atoms with van der Waals surface area (Å²) in [5.41, 5.74) is 1.90. The fourth-order valence-electron chi connectivity index (χ4n) is 2.39. The highest BCUT2D eigenvalue weighted by Crippen LogP contribution is 2.28. The molecule has 6 heteroatoms. The quantitative estimate of drug-likeness (QED) is 0.804. The number of nitrogens with one attached hydrogen (secondary N) is 1. The smallest absolute Gasteiger partial charge is 0.240 e. The van der Waals surface area contributed by atoms with E-state index in [0.717, 1.165) is 11.1 Å². The highest BCUT2D eigenvalue weighted by molar-refractivity contribution is 7.89. The van der Waals surface area contributed by atoms with Gasteiger partial charge >= 0.3 is 0 Å². The summed E-state index contributed by atoms with van der Waals surface area (Å²) in [6, 6.07) is 12.3. The number of halogens is 1. The Morgan fingerprint density at radius 3 is 2.38 bits per heavy atom. The van der Waals surface area contributed by atoms with Crippen LogP contribution in [0.4, 0.5) is 0 Å². The minimum absolute atomic E-state index is 0.171. The van der Waals surface area contributed by atoms with Gasteiger partial charge in [0.05, 0.1) is 12.0 Å². The van der Waals surface area contributed by atoms with Gasteiger partial charge in [-0.05, 0) is 53.8 Å². The van der Waals surface area contributed by atoms with Gasteiger partial charge in [0.2, 0.25) is 10.0 Å². The van der Waals surface area contributed by atoms with E-state index in [1.165, 1.54) is 0 Å². The van der Waals surface area contributed by atoms with Crippen molar-refractivity contribution in [3.63, 3.8) is 0 Å². The molecule has 0 atom stereocenters. The van der Waals surface area contributed by atoms with Crippen molar-refractivity contribution in [2.75, 3.05) is 13.7 Å². The van der Waals surface area contributed by atoms with Gasteiger partial charge in [0.25, 0.3) is 0 Å². The van der Waals surface area contributed by atoms with E-state index in [1.54, 1.807) is 37.4 Å². The zero-order valence-corrected chi connectivity index (χ0v) is 15.6. The van der Waals surface area contributed by atoms with Crippen LogP contribution in [0.15, 0.2) is 47.4 Å². The van der Waals surface area contributed by atoms with E-state index in [9.17, 15) is 8.42 Å². The molecular weight excluding hydrogens is 346 g/mol. The van der Waals surface area contributed by atoms with E-state index in [-0.39, 0.29) is 10.8 Å². The summed E-state index contributed by atoms with van der Waals surface area (Å²) in [4.78, 5) is 0.253. The standard InChI is InChI=1S/C18H22ClNO3S/c1-13(2)17-12-16(8-9-18(17)23-3)24(21,22)20-11-10-14-4-6-15(19)7-5-14/h4-9,12-13,20H,10-11H2,1-3H3. The van der Waals surface area contributed by atoms with Crippen LogP contribution in [0.5, 0.6) is 5.75 Å². The summed E-state index contributed by atoms with van der Waals surface area (Å²) in [5, 5.41) is 0.666. The molecular formula is C18H22ClNO3S. The van der Waals surface area contributed by atoms with Crippen LogP contribution in [0.3, 0.4) is 0 Å². The fraction of sp³-hybridized carbons (Fsp3) is 0.333. The third-order valence-corrected chi connectivity index (χ3v) is 5.46. The van der Waals surface area contributed by atoms with Crippen LogP contribution >= 0.6 is 11.6 Å². The molecule has 0 unspecified atom stereocenters. The molecule has 0 aliphatic carbocycles. The molecule has 2 aromatic carbocycles. The molecule has 1 N–H and O–H groups in total. The van der Waals surface area contributed by atoms with Crippen LogP contribution in [-0.4, -0.2) is 22.1 Å². The topological polar surface area (TPSA) is 55.4 Å². The highest BCUT2D eigenvalue weighted by atomic mass is 35.5. The third-order valence-electron chi connectivity index (χ3n) is 3.75. The summed E-state index contributed by atoms with van der Waals surface area (Å²) < 4.78 is 32.9. The lowest BCUT2D eigenvalue weighted by molar-refractivity contribution is 0.407. The second-order valence-electron chi connectivity index (χ2n) is 5.83. The van der Waals surface area contributed by atoms with Crippen molar-refractivity contribution in [1.82, 2.24) is 4.72 Å². The Hall–Kier alpha value is -1.56. The van der Waals surface area contributed by atoms with Crippen LogP contribution in [-0.2, 0) is 16.4 Å². The minimum Gasteiger partial charge on any atom is -0.496 e. The molecule has 0 aliphatic heterocycles. The molecule has 0 radical (unpaired) electrons. The van der Waals surface area contributed by atoms with E-state index in [0.29, 0.717) is 23.7 Å². The lowest BCUT2D eigenvalue weighted by Crippen LogP contribution is -2.26. The predicted molar refractivity (Wildman–Crippen MR) is 97.4 cm³/mol. The number of sulfonamides is 1. The Labute approximate surface area is 148 Å². The zero-order chi connectivity index (χ0) is 17.7. The van der Waals surface area contributed by atoms with Gasteiger partial charge in [-0.25, -0.2) is 13.1 Å². The molecule has 0 aliphatic rings. The molecule has 24 heavy (non-hydrogen) atoms. The molecule has 2 aromatic rings. The molecule has 0 saturated carbocycles. The maximum Gasteiger partial charge on any atom is 0.240 e. The number of rotatable bonds is 7. The first-order chi connectivity index (χ1) is 11.3. The maximum absolute atomic E-state index is 12.5. The van der Waals surface area contributed by atoms with Gasteiger partial charge < -0.3 is 4.74 Å². The van der Waals surface area contributed by atoms with Crippen molar-refractivity contribution in [1.29, 1.82) is 0 Å². The number of hydrogen-bond acceptors (Lipinski definition) is 3. The summed E-state index contributed by atoms with van der Waals surface area (Å²) in [6.07, 6.45) is 0.601. The number of benzene rings is 2. The van der Waals surface area contributed by atoms with Crippen molar-refractivity contribution < 1.29 is 13.2 Å². The fourth-order valence-corrected chi connectivity index (χ4v) is 3.59. The lowest BCUT2D eigenvalue weighted by Gasteiger charge is -2.14. The van der Waals surface area contributed by atoms with Gasteiger partial charge in [-0.2, -0.15) is 0 Å². The average Bonchev–Trinajstić information content (AvgIpc) is 2.55. The Morgan fingerprint density at radius 1 is 1.12 bits per heavy atom. The van der Waals surface area contributed by atoms with Crippen molar-refractivity contribution in [2.45, 2.75) is 31.1 Å². The average molecular weight is 368 g/mol. The highest BCUT2D eigenvalue weighted by Gasteiger charge is 2.17. The van der Waals surface area contributed by atoms with Crippen LogP contribution in [0.25, 0.3) is 0 Å². The lowest BCUT2D eigenvalue weighted by atomic mass is 10.0. The van der Waals surface area contributed by atoms with Gasteiger partial charge in [0, 0.05) is 11.6 Å². The van der Waals surface area contributed by atoms with Gasteiger partial charge in [0.1, 0.15) is 5.75 Å². The second-order valence-corrected chi connectivity index (χ2v) is 8.04. The first kappa shape index (κ1) is 18.8. The van der Waals surface area contributed by atoms with Crippen molar-refractivity contribution >= 4 is 21.6 Å². The van der Waals surface area contributed by atoms with E-state index in [1.807, 2.05) is 26.0 Å². The maximum atomic E-state index is 12.5. The normalized spacial score (nSPS) is 11.7. The molecule has 0 heterocycles. The largest absolute Gasteiger partial charge is 0.496 e. The molecule has 0 spiro atoms. The molecule has 0 amide bonds. The Bertz CT molecular complexity index is 786. The number of hydrogen-bond donors (Lipinski definition) is 1. The summed E-state index contributed by atoms with van der Waals surface area (Å²) >= 11 is 5.84. The van der Waals surface area contributed by atoms with Gasteiger partial charge in [-0.15, -0.1) is 0 Å². The molecule has 2 rings (SSSR count). The summed E-state index contributed by atoms with van der Waals surface area (Å²) in [7, 11) is -1.97. The summed E-state index contributed by atoms with van der Waals surface area (Å²) in [6.45, 7) is 4.33. The Morgan fingerprint density at radius 2 is 1.79 bits per heavy atom. The van der Waals surface area contributed by atoms with Crippen molar-refractivity contribution in [3.05, 3.63) is 58.6 Å². The van der Waals surface area contributed by atoms with Crippen LogP contribution in [0.1, 0.15) is 30.9 Å². The first-order valence-corrected chi connectivity index (χ1v) is 9.61. The van der Waals surface area contributed by atoms with Crippen LogP contribution < -0.4 is 9.46 Å². The molecule has 0 saturated heterocycles. The van der Waals surface area contributed by atoms with Crippen LogP contribution in [0.2, 0.25) is 5.02 Å². The summed E-state index contributed by atoms with van der Waals surface area (Å²) in [5.74, 6) is 0.870. The first-order valence-electron chi connectivity index (χ1n) is 7.75. The van der Waals surface area contributed by atoms with Crippen molar-refractivity contribution in [3.8, 4) is 5.75 Å². The van der Waals surface area contributed by atoms with Crippen molar-refractivity contribution in [2.24, 2.45) is 0 Å². The third kappa shape index (κ3) is 4.72. The van der Waals surface area contributed by atoms with Gasteiger partial charge in [-0.3, -0.25) is 0 Å². The number of methoxy groups -OCH3 is 1. The van der Waals surface area contributed by atoms with E-state index in [2.05, 4.69) is 4.72 Å². The second kappa shape index (κ2) is 8.01. The molecule has 130 valence electrons. The van der Waals surface area contributed by atoms with E-state index in [4.69, 9.17) is 16.3 Å².